The van der Waals surface area contributed by atoms with Gasteiger partial charge in [-0.15, -0.1) is 0 Å². The third-order valence-electron chi connectivity index (χ3n) is 3.41. The molecule has 2 aromatic rings. The van der Waals surface area contributed by atoms with Gasteiger partial charge < -0.3 is 4.74 Å². The molecule has 0 saturated carbocycles. The number of benzene rings is 2. The molecule has 0 aromatic heterocycles. The molecule has 1 atom stereocenters. The van der Waals surface area contributed by atoms with Crippen LogP contribution >= 0.6 is 8.46 Å². The molecule has 0 aliphatic carbocycles. The molecule has 2 aromatic carbocycles. The molecule has 2 rings (SSSR count). The SMILES string of the molecule is Cc1cc(C)c(C(C)Oc2ccccc2P=O)c(C)c1. The van der Waals surface area contributed by atoms with Gasteiger partial charge in [-0.05, 0) is 56.5 Å². The summed E-state index contributed by atoms with van der Waals surface area (Å²) in [5, 5.41) is 0.682. The van der Waals surface area contributed by atoms with Crippen molar-refractivity contribution >= 4 is 13.8 Å². The predicted octanol–water partition coefficient (Wildman–Crippen LogP) is 4.67. The van der Waals surface area contributed by atoms with Crippen molar-refractivity contribution in [2.45, 2.75) is 33.8 Å². The van der Waals surface area contributed by atoms with Crippen LogP contribution in [0.3, 0.4) is 0 Å². The Labute approximate surface area is 122 Å². The van der Waals surface area contributed by atoms with Crippen LogP contribution < -0.4 is 10.0 Å². The normalized spacial score (nSPS) is 12.4. The van der Waals surface area contributed by atoms with E-state index < -0.39 is 0 Å². The molecule has 0 fully saturated rings. The minimum Gasteiger partial charge on any atom is -0.485 e. The summed E-state index contributed by atoms with van der Waals surface area (Å²) in [6, 6.07) is 11.8. The highest BCUT2D eigenvalue weighted by Crippen LogP contribution is 2.28. The van der Waals surface area contributed by atoms with Gasteiger partial charge >= 0.3 is 0 Å². The molecule has 0 N–H and O–H groups in total. The molecule has 20 heavy (non-hydrogen) atoms. The summed E-state index contributed by atoms with van der Waals surface area (Å²) >= 11 is 0. The summed E-state index contributed by atoms with van der Waals surface area (Å²) in [7, 11) is -0.0140. The molecule has 0 spiro atoms. The van der Waals surface area contributed by atoms with Crippen molar-refractivity contribution in [2.75, 3.05) is 0 Å². The van der Waals surface area contributed by atoms with Gasteiger partial charge in [-0.2, -0.15) is 0 Å². The zero-order valence-electron chi connectivity index (χ0n) is 12.3. The Bertz CT molecular complexity index is 612. The number of hydrogen-bond acceptors (Lipinski definition) is 2. The molecule has 0 amide bonds. The minimum atomic E-state index is -0.0708. The van der Waals surface area contributed by atoms with Crippen molar-refractivity contribution in [3.05, 3.63) is 58.7 Å². The molecular formula is C17H19O2P. The number of rotatable bonds is 4. The van der Waals surface area contributed by atoms with Crippen molar-refractivity contribution in [3.63, 3.8) is 0 Å². The summed E-state index contributed by atoms with van der Waals surface area (Å²) in [6.45, 7) is 8.34. The third kappa shape index (κ3) is 3.08. The number of ether oxygens (including phenoxy) is 1. The molecule has 104 valence electrons. The zero-order valence-corrected chi connectivity index (χ0v) is 13.2. The average Bonchev–Trinajstić information content (AvgIpc) is 2.38. The van der Waals surface area contributed by atoms with Crippen LogP contribution in [0, 0.1) is 20.8 Å². The molecule has 0 radical (unpaired) electrons. The lowest BCUT2D eigenvalue weighted by atomic mass is 9.96. The van der Waals surface area contributed by atoms with Crippen LogP contribution in [-0.2, 0) is 4.57 Å². The van der Waals surface area contributed by atoms with Gasteiger partial charge in [0.2, 0.25) is 0 Å². The van der Waals surface area contributed by atoms with Crippen LogP contribution in [0.4, 0.5) is 0 Å². The van der Waals surface area contributed by atoms with Gasteiger partial charge in [0.25, 0.3) is 0 Å². The first kappa shape index (κ1) is 14.7. The summed E-state index contributed by atoms with van der Waals surface area (Å²) in [5.74, 6) is 0.677. The monoisotopic (exact) mass is 286 g/mol. The molecule has 0 aliphatic heterocycles. The van der Waals surface area contributed by atoms with Crippen molar-refractivity contribution < 1.29 is 9.30 Å². The molecule has 1 unspecified atom stereocenters. The molecule has 3 heteroatoms. The molecular weight excluding hydrogens is 267 g/mol. The highest BCUT2D eigenvalue weighted by atomic mass is 31.1. The van der Waals surface area contributed by atoms with Crippen molar-refractivity contribution in [3.8, 4) is 5.75 Å². The Morgan fingerprint density at radius 1 is 1.05 bits per heavy atom. The lowest BCUT2D eigenvalue weighted by Gasteiger charge is -2.20. The second-order valence-electron chi connectivity index (χ2n) is 5.13. The van der Waals surface area contributed by atoms with Crippen LogP contribution in [0.25, 0.3) is 0 Å². The van der Waals surface area contributed by atoms with Crippen LogP contribution in [0.2, 0.25) is 0 Å². The highest BCUT2D eigenvalue weighted by molar-refractivity contribution is 7.34. The summed E-state index contributed by atoms with van der Waals surface area (Å²) in [5.41, 5.74) is 4.92. The predicted molar refractivity (Wildman–Crippen MR) is 83.4 cm³/mol. The summed E-state index contributed by atoms with van der Waals surface area (Å²) < 4.78 is 17.2. The van der Waals surface area contributed by atoms with Crippen molar-refractivity contribution in [1.29, 1.82) is 0 Å². The van der Waals surface area contributed by atoms with E-state index in [0.29, 0.717) is 11.1 Å². The Balaban J connectivity index is 2.33. The lowest BCUT2D eigenvalue weighted by molar-refractivity contribution is 0.227. The third-order valence-corrected chi connectivity index (χ3v) is 3.98. The van der Waals surface area contributed by atoms with E-state index >= 15 is 0 Å². The Morgan fingerprint density at radius 3 is 2.25 bits per heavy atom. The fraction of sp³-hybridized carbons (Fsp3) is 0.294. The Morgan fingerprint density at radius 2 is 1.65 bits per heavy atom. The largest absolute Gasteiger partial charge is 0.485 e. The van der Waals surface area contributed by atoms with Crippen LogP contribution in [0.15, 0.2) is 36.4 Å². The number of para-hydroxylation sites is 1. The first-order valence-electron chi connectivity index (χ1n) is 6.69. The quantitative estimate of drug-likeness (QED) is 0.763. The first-order valence-corrected chi connectivity index (χ1v) is 7.51. The Hall–Kier alpha value is -1.66. The van der Waals surface area contributed by atoms with Crippen LogP contribution in [0.1, 0.15) is 35.3 Å². The fourth-order valence-corrected chi connectivity index (χ4v) is 3.08. The molecule has 2 nitrogen and oxygen atoms in total. The van der Waals surface area contributed by atoms with E-state index in [1.807, 2.05) is 31.2 Å². The van der Waals surface area contributed by atoms with E-state index in [4.69, 9.17) is 4.74 Å². The standard InChI is InChI=1S/C17H19O2P/c1-11-9-12(2)17(13(3)10-11)14(4)19-15-7-5-6-8-16(15)20-18/h5-10,14H,1-4H3. The zero-order chi connectivity index (χ0) is 14.7. The van der Waals surface area contributed by atoms with E-state index in [0.717, 1.165) is 0 Å². The second-order valence-corrected chi connectivity index (χ2v) is 5.80. The van der Waals surface area contributed by atoms with Crippen molar-refractivity contribution in [1.82, 2.24) is 0 Å². The topological polar surface area (TPSA) is 26.3 Å². The van der Waals surface area contributed by atoms with E-state index in [-0.39, 0.29) is 14.6 Å². The fourth-order valence-electron chi connectivity index (χ4n) is 2.71. The smallest absolute Gasteiger partial charge is 0.196 e. The van der Waals surface area contributed by atoms with Gasteiger partial charge in [-0.3, -0.25) is 4.57 Å². The van der Waals surface area contributed by atoms with Gasteiger partial charge in [-0.1, -0.05) is 29.8 Å². The summed E-state index contributed by atoms with van der Waals surface area (Å²) in [6.07, 6.45) is -0.0708. The Kier molecular flexibility index (Phi) is 4.57. The summed E-state index contributed by atoms with van der Waals surface area (Å²) in [4.78, 5) is 0. The van der Waals surface area contributed by atoms with Gasteiger partial charge in [0, 0.05) is 0 Å². The van der Waals surface area contributed by atoms with E-state index in [9.17, 15) is 4.57 Å². The molecule has 0 saturated heterocycles. The highest BCUT2D eigenvalue weighted by Gasteiger charge is 2.15. The molecule has 0 aliphatic rings. The number of aryl methyl sites for hydroxylation is 3. The minimum absolute atomic E-state index is 0.0140. The van der Waals surface area contributed by atoms with Crippen LogP contribution in [0.5, 0.6) is 5.75 Å². The van der Waals surface area contributed by atoms with E-state index in [1.54, 1.807) is 0 Å². The average molecular weight is 286 g/mol. The van der Waals surface area contributed by atoms with Crippen LogP contribution in [-0.4, -0.2) is 0 Å². The van der Waals surface area contributed by atoms with Gasteiger partial charge in [-0.25, -0.2) is 0 Å². The second kappa shape index (κ2) is 6.19. The maximum absolute atomic E-state index is 11.1. The lowest BCUT2D eigenvalue weighted by Crippen LogP contribution is -2.11. The van der Waals surface area contributed by atoms with E-state index in [2.05, 4.69) is 32.9 Å². The number of hydrogen-bond donors (Lipinski definition) is 0. The maximum atomic E-state index is 11.1. The van der Waals surface area contributed by atoms with E-state index in [1.165, 1.54) is 22.3 Å². The maximum Gasteiger partial charge on any atom is 0.196 e. The van der Waals surface area contributed by atoms with Gasteiger partial charge in [0.05, 0.1) is 5.30 Å². The molecule has 0 heterocycles. The van der Waals surface area contributed by atoms with Crippen molar-refractivity contribution in [2.24, 2.45) is 0 Å². The van der Waals surface area contributed by atoms with Gasteiger partial charge in [0.15, 0.2) is 8.46 Å². The molecule has 0 bridgehead atoms. The van der Waals surface area contributed by atoms with Gasteiger partial charge in [0.1, 0.15) is 11.9 Å². The first-order chi connectivity index (χ1) is 9.52.